The lowest BCUT2D eigenvalue weighted by atomic mass is 9.95. The van der Waals surface area contributed by atoms with Crippen LogP contribution in [-0.4, -0.2) is 12.6 Å². The smallest absolute Gasteiger partial charge is 0.00388 e. The predicted molar refractivity (Wildman–Crippen MR) is 49.7 cm³/mol. The van der Waals surface area contributed by atoms with Crippen LogP contribution in [0.4, 0.5) is 0 Å². The van der Waals surface area contributed by atoms with Gasteiger partial charge in [0.25, 0.3) is 0 Å². The first-order chi connectivity index (χ1) is 5.33. The first-order valence-electron chi connectivity index (χ1n) is 5.06. The molecule has 0 radical (unpaired) electrons. The summed E-state index contributed by atoms with van der Waals surface area (Å²) in [6.45, 7) is 5.84. The molecule has 0 aromatic rings. The summed E-state index contributed by atoms with van der Waals surface area (Å²) in [6.07, 6.45) is 7.03. The Morgan fingerprint density at radius 3 is 2.82 bits per heavy atom. The van der Waals surface area contributed by atoms with Crippen molar-refractivity contribution in [3.05, 3.63) is 0 Å². The predicted octanol–water partition coefficient (Wildman–Crippen LogP) is 2.56. The largest absolute Gasteiger partial charge is 0.314 e. The topological polar surface area (TPSA) is 12.0 Å². The SMILES string of the molecule is CCCC1CCNC(C)CC1. The van der Waals surface area contributed by atoms with Gasteiger partial charge >= 0.3 is 0 Å². The molecule has 1 nitrogen and oxygen atoms in total. The van der Waals surface area contributed by atoms with E-state index < -0.39 is 0 Å². The normalized spacial score (nSPS) is 33.3. The Morgan fingerprint density at radius 2 is 2.09 bits per heavy atom. The van der Waals surface area contributed by atoms with Crippen molar-refractivity contribution in [3.63, 3.8) is 0 Å². The lowest BCUT2D eigenvalue weighted by molar-refractivity contribution is 0.430. The molecule has 0 amide bonds. The average molecular weight is 155 g/mol. The van der Waals surface area contributed by atoms with E-state index in [2.05, 4.69) is 19.2 Å². The minimum absolute atomic E-state index is 0.761. The van der Waals surface area contributed by atoms with Crippen LogP contribution in [0.5, 0.6) is 0 Å². The van der Waals surface area contributed by atoms with E-state index in [0.29, 0.717) is 0 Å². The Labute approximate surface area is 70.6 Å². The molecule has 0 aromatic heterocycles. The van der Waals surface area contributed by atoms with Gasteiger partial charge in [0.15, 0.2) is 0 Å². The van der Waals surface area contributed by atoms with E-state index in [1.54, 1.807) is 0 Å². The van der Waals surface area contributed by atoms with Crippen molar-refractivity contribution >= 4 is 0 Å². The highest BCUT2D eigenvalue weighted by Crippen LogP contribution is 2.20. The highest BCUT2D eigenvalue weighted by molar-refractivity contribution is 4.71. The van der Waals surface area contributed by atoms with Gasteiger partial charge in [-0.15, -0.1) is 0 Å². The van der Waals surface area contributed by atoms with Gasteiger partial charge in [0.2, 0.25) is 0 Å². The summed E-state index contributed by atoms with van der Waals surface area (Å²) in [4.78, 5) is 0. The number of hydrogen-bond donors (Lipinski definition) is 1. The van der Waals surface area contributed by atoms with Crippen molar-refractivity contribution in [1.29, 1.82) is 0 Å². The Morgan fingerprint density at radius 1 is 1.27 bits per heavy atom. The van der Waals surface area contributed by atoms with Crippen molar-refractivity contribution in [3.8, 4) is 0 Å². The maximum atomic E-state index is 3.53. The van der Waals surface area contributed by atoms with E-state index in [9.17, 15) is 0 Å². The number of rotatable bonds is 2. The summed E-state index contributed by atoms with van der Waals surface area (Å²) in [6, 6.07) is 0.761. The van der Waals surface area contributed by atoms with Crippen LogP contribution in [0.3, 0.4) is 0 Å². The van der Waals surface area contributed by atoms with Crippen molar-refractivity contribution in [1.82, 2.24) is 5.32 Å². The van der Waals surface area contributed by atoms with Crippen molar-refractivity contribution in [2.45, 2.75) is 52.0 Å². The minimum Gasteiger partial charge on any atom is -0.314 e. The summed E-state index contributed by atoms with van der Waals surface area (Å²) in [5, 5.41) is 3.53. The second-order valence-electron chi connectivity index (χ2n) is 3.88. The van der Waals surface area contributed by atoms with Crippen LogP contribution >= 0.6 is 0 Å². The van der Waals surface area contributed by atoms with E-state index in [4.69, 9.17) is 0 Å². The van der Waals surface area contributed by atoms with Gasteiger partial charge in [0.1, 0.15) is 0 Å². The lowest BCUT2D eigenvalue weighted by Gasteiger charge is -2.11. The van der Waals surface area contributed by atoms with Gasteiger partial charge in [-0.1, -0.05) is 19.8 Å². The van der Waals surface area contributed by atoms with Gasteiger partial charge in [-0.2, -0.15) is 0 Å². The molecule has 1 aliphatic heterocycles. The van der Waals surface area contributed by atoms with Crippen molar-refractivity contribution in [2.75, 3.05) is 6.54 Å². The van der Waals surface area contributed by atoms with Crippen LogP contribution in [0.25, 0.3) is 0 Å². The maximum absolute atomic E-state index is 3.53. The molecule has 0 bridgehead atoms. The van der Waals surface area contributed by atoms with Crippen molar-refractivity contribution < 1.29 is 0 Å². The van der Waals surface area contributed by atoms with Crippen LogP contribution in [0.15, 0.2) is 0 Å². The van der Waals surface area contributed by atoms with Crippen molar-refractivity contribution in [2.24, 2.45) is 5.92 Å². The molecular weight excluding hydrogens is 134 g/mol. The number of hydrogen-bond acceptors (Lipinski definition) is 1. The van der Waals surface area contributed by atoms with Crippen LogP contribution in [0, 0.1) is 5.92 Å². The van der Waals surface area contributed by atoms with Crippen LogP contribution in [-0.2, 0) is 0 Å². The second-order valence-corrected chi connectivity index (χ2v) is 3.88. The van der Waals surface area contributed by atoms with Gasteiger partial charge in [0, 0.05) is 6.04 Å². The quantitative estimate of drug-likeness (QED) is 0.646. The molecule has 66 valence electrons. The fourth-order valence-electron chi connectivity index (χ4n) is 1.96. The van der Waals surface area contributed by atoms with Crippen LogP contribution in [0.2, 0.25) is 0 Å². The summed E-state index contributed by atoms with van der Waals surface area (Å²) in [7, 11) is 0. The summed E-state index contributed by atoms with van der Waals surface area (Å²) in [5.41, 5.74) is 0. The van der Waals surface area contributed by atoms with E-state index in [-0.39, 0.29) is 0 Å². The summed E-state index contributed by atoms with van der Waals surface area (Å²) >= 11 is 0. The Bertz CT molecular complexity index is 101. The fraction of sp³-hybridized carbons (Fsp3) is 1.00. The molecule has 2 unspecified atom stereocenters. The molecule has 0 saturated carbocycles. The molecule has 1 heterocycles. The maximum Gasteiger partial charge on any atom is 0.00388 e. The second kappa shape index (κ2) is 4.76. The molecule has 0 spiro atoms. The zero-order valence-corrected chi connectivity index (χ0v) is 7.90. The van der Waals surface area contributed by atoms with Crippen LogP contribution in [0.1, 0.15) is 46.0 Å². The fourth-order valence-corrected chi connectivity index (χ4v) is 1.96. The molecule has 1 saturated heterocycles. The minimum atomic E-state index is 0.761. The zero-order chi connectivity index (χ0) is 8.10. The van der Waals surface area contributed by atoms with E-state index in [0.717, 1.165) is 12.0 Å². The molecule has 1 fully saturated rings. The molecule has 1 rings (SSSR count). The highest BCUT2D eigenvalue weighted by atomic mass is 14.9. The van der Waals surface area contributed by atoms with Gasteiger partial charge in [-0.3, -0.25) is 0 Å². The Balaban J connectivity index is 2.22. The van der Waals surface area contributed by atoms with Gasteiger partial charge in [0.05, 0.1) is 0 Å². The summed E-state index contributed by atoms with van der Waals surface area (Å²) < 4.78 is 0. The van der Waals surface area contributed by atoms with E-state index >= 15 is 0 Å². The first-order valence-corrected chi connectivity index (χ1v) is 5.06. The third-order valence-electron chi connectivity index (χ3n) is 2.75. The third-order valence-corrected chi connectivity index (χ3v) is 2.75. The molecule has 2 atom stereocenters. The average Bonchev–Trinajstić information content (AvgIpc) is 2.17. The summed E-state index contributed by atoms with van der Waals surface area (Å²) in [5.74, 6) is 1.01. The molecule has 0 aromatic carbocycles. The Hall–Kier alpha value is -0.0400. The first kappa shape index (κ1) is 9.05. The Kier molecular flexibility index (Phi) is 3.92. The molecule has 11 heavy (non-hydrogen) atoms. The standard InChI is InChI=1S/C10H21N/c1-3-4-10-6-5-9(2)11-8-7-10/h9-11H,3-8H2,1-2H3. The van der Waals surface area contributed by atoms with Crippen LogP contribution < -0.4 is 5.32 Å². The molecular formula is C10H21N. The lowest BCUT2D eigenvalue weighted by Crippen LogP contribution is -2.24. The molecule has 0 aliphatic carbocycles. The highest BCUT2D eigenvalue weighted by Gasteiger charge is 2.13. The number of nitrogens with one attached hydrogen (secondary N) is 1. The van der Waals surface area contributed by atoms with Gasteiger partial charge in [-0.05, 0) is 38.6 Å². The molecule has 1 aliphatic rings. The monoisotopic (exact) mass is 155 g/mol. The van der Waals surface area contributed by atoms with Gasteiger partial charge < -0.3 is 5.32 Å². The van der Waals surface area contributed by atoms with Gasteiger partial charge in [-0.25, -0.2) is 0 Å². The van der Waals surface area contributed by atoms with E-state index in [1.165, 1.54) is 38.6 Å². The molecule has 1 heteroatoms. The van der Waals surface area contributed by atoms with E-state index in [1.807, 2.05) is 0 Å². The third kappa shape index (κ3) is 3.24. The zero-order valence-electron chi connectivity index (χ0n) is 7.90. The molecule has 1 N–H and O–H groups in total.